The van der Waals surface area contributed by atoms with Crippen molar-refractivity contribution in [3.05, 3.63) is 42.5 Å². The third-order valence-electron chi connectivity index (χ3n) is 3.82. The Balaban J connectivity index is 2.03. The summed E-state index contributed by atoms with van der Waals surface area (Å²) in [5.74, 6) is 1.39. The predicted octanol–water partition coefficient (Wildman–Crippen LogP) is 3.57. The molecule has 0 aromatic heterocycles. The average molecular weight is 273 g/mol. The van der Waals surface area contributed by atoms with Gasteiger partial charge in [-0.05, 0) is 31.0 Å². The molecule has 0 bridgehead atoms. The van der Waals surface area contributed by atoms with E-state index in [-0.39, 0.29) is 17.9 Å². The van der Waals surface area contributed by atoms with E-state index in [1.54, 1.807) is 0 Å². The van der Waals surface area contributed by atoms with Crippen LogP contribution in [0.4, 0.5) is 0 Å². The number of benzene rings is 1. The van der Waals surface area contributed by atoms with Crippen LogP contribution in [0.2, 0.25) is 0 Å². The van der Waals surface area contributed by atoms with Gasteiger partial charge in [-0.1, -0.05) is 25.1 Å². The molecule has 108 valence electrons. The number of amides is 1. The van der Waals surface area contributed by atoms with E-state index in [0.717, 1.165) is 30.9 Å². The van der Waals surface area contributed by atoms with E-state index in [2.05, 4.69) is 20.4 Å². The van der Waals surface area contributed by atoms with E-state index in [1.165, 1.54) is 0 Å². The highest BCUT2D eigenvalue weighted by Crippen LogP contribution is 2.29. The molecule has 0 aliphatic carbocycles. The van der Waals surface area contributed by atoms with Crippen LogP contribution in [0, 0.1) is 5.92 Å². The maximum Gasteiger partial charge on any atom is 0.223 e. The van der Waals surface area contributed by atoms with Crippen molar-refractivity contribution in [3.63, 3.8) is 0 Å². The second-order valence-electron chi connectivity index (χ2n) is 5.34. The number of hydrogen-bond donors (Lipinski definition) is 0. The monoisotopic (exact) mass is 273 g/mol. The molecule has 3 nitrogen and oxygen atoms in total. The van der Waals surface area contributed by atoms with Crippen LogP contribution in [-0.4, -0.2) is 24.0 Å². The molecule has 1 aliphatic rings. The molecule has 2 rings (SSSR count). The van der Waals surface area contributed by atoms with Crippen molar-refractivity contribution < 1.29 is 9.53 Å². The van der Waals surface area contributed by atoms with Crippen molar-refractivity contribution in [2.75, 3.05) is 13.2 Å². The van der Waals surface area contributed by atoms with E-state index in [0.29, 0.717) is 6.42 Å². The van der Waals surface area contributed by atoms with Crippen molar-refractivity contribution in [1.29, 1.82) is 0 Å². The molecule has 0 saturated carbocycles. The number of hydrogen-bond acceptors (Lipinski definition) is 2. The van der Waals surface area contributed by atoms with Gasteiger partial charge in [0.1, 0.15) is 5.75 Å². The van der Waals surface area contributed by atoms with Crippen LogP contribution in [0.3, 0.4) is 0 Å². The minimum absolute atomic E-state index is 0.104. The first kappa shape index (κ1) is 14.6. The van der Waals surface area contributed by atoms with E-state index in [1.807, 2.05) is 35.2 Å². The summed E-state index contributed by atoms with van der Waals surface area (Å²) in [6.45, 7) is 9.46. The van der Waals surface area contributed by atoms with Gasteiger partial charge in [0.05, 0.1) is 12.6 Å². The first-order chi connectivity index (χ1) is 9.65. The smallest absolute Gasteiger partial charge is 0.223 e. The molecule has 2 unspecified atom stereocenters. The molecule has 0 N–H and O–H groups in total. The molecule has 0 radical (unpaired) electrons. The first-order valence-electron chi connectivity index (χ1n) is 7.30. The lowest BCUT2D eigenvalue weighted by atomic mass is 10.1. The number of likely N-dealkylation sites (tertiary alicyclic amines) is 1. The van der Waals surface area contributed by atoms with E-state index in [4.69, 9.17) is 4.74 Å². The maximum atomic E-state index is 12.0. The summed E-state index contributed by atoms with van der Waals surface area (Å²) in [4.78, 5) is 14.0. The molecule has 0 spiro atoms. The Kier molecular flexibility index (Phi) is 4.83. The van der Waals surface area contributed by atoms with Gasteiger partial charge in [0.15, 0.2) is 0 Å². The van der Waals surface area contributed by atoms with Gasteiger partial charge in [-0.25, -0.2) is 0 Å². The Bertz CT molecular complexity index is 466. The Labute approximate surface area is 121 Å². The van der Waals surface area contributed by atoms with Crippen molar-refractivity contribution in [3.8, 4) is 5.75 Å². The highest BCUT2D eigenvalue weighted by Gasteiger charge is 2.31. The van der Waals surface area contributed by atoms with Gasteiger partial charge in [-0.15, -0.1) is 6.58 Å². The molecule has 2 atom stereocenters. The maximum absolute atomic E-state index is 12.0. The lowest BCUT2D eigenvalue weighted by Crippen LogP contribution is -2.28. The molecular formula is C17H23NO2. The summed E-state index contributed by atoms with van der Waals surface area (Å²) in [6, 6.07) is 8.15. The summed E-state index contributed by atoms with van der Waals surface area (Å²) in [5.41, 5.74) is 1.15. The van der Waals surface area contributed by atoms with Crippen LogP contribution in [0.1, 0.15) is 38.3 Å². The molecule has 1 heterocycles. The fourth-order valence-electron chi connectivity index (χ4n) is 2.53. The molecule has 1 saturated heterocycles. The molecule has 1 amide bonds. The van der Waals surface area contributed by atoms with Crippen molar-refractivity contribution in [1.82, 2.24) is 4.90 Å². The van der Waals surface area contributed by atoms with E-state index in [9.17, 15) is 4.79 Å². The number of carbonyl (C=O) groups is 1. The minimum atomic E-state index is 0.104. The second-order valence-corrected chi connectivity index (χ2v) is 5.34. The fraction of sp³-hybridized carbons (Fsp3) is 0.471. The lowest BCUT2D eigenvalue weighted by Gasteiger charge is -2.25. The van der Waals surface area contributed by atoms with Crippen LogP contribution < -0.4 is 4.74 Å². The summed E-state index contributed by atoms with van der Waals surface area (Å²) in [7, 11) is 0. The van der Waals surface area contributed by atoms with Gasteiger partial charge in [0.2, 0.25) is 5.91 Å². The third kappa shape index (κ3) is 3.21. The van der Waals surface area contributed by atoms with Crippen molar-refractivity contribution in [2.24, 2.45) is 5.92 Å². The average Bonchev–Trinajstić information content (AvgIpc) is 2.86. The summed E-state index contributed by atoms with van der Waals surface area (Å²) >= 11 is 0. The Hall–Kier alpha value is -1.77. The van der Waals surface area contributed by atoms with Crippen LogP contribution in [0.5, 0.6) is 5.75 Å². The molecule has 3 heteroatoms. The van der Waals surface area contributed by atoms with Crippen molar-refractivity contribution in [2.45, 2.75) is 32.7 Å². The van der Waals surface area contributed by atoms with Crippen molar-refractivity contribution >= 4 is 5.91 Å². The quantitative estimate of drug-likeness (QED) is 0.742. The zero-order valence-electron chi connectivity index (χ0n) is 12.3. The van der Waals surface area contributed by atoms with Crippen LogP contribution in [-0.2, 0) is 4.79 Å². The van der Waals surface area contributed by atoms with E-state index >= 15 is 0 Å². The first-order valence-corrected chi connectivity index (χ1v) is 7.30. The Morgan fingerprint density at radius 1 is 1.45 bits per heavy atom. The van der Waals surface area contributed by atoms with Gasteiger partial charge in [0, 0.05) is 18.9 Å². The highest BCUT2D eigenvalue weighted by molar-refractivity contribution is 5.79. The minimum Gasteiger partial charge on any atom is -0.494 e. The molecule has 1 aliphatic heterocycles. The fourth-order valence-corrected chi connectivity index (χ4v) is 2.53. The SMILES string of the molecule is C=CC1CC(=O)N(C(C)c2ccc(OCCC)cc2)C1. The highest BCUT2D eigenvalue weighted by atomic mass is 16.5. The number of ether oxygens (including phenoxy) is 1. The number of rotatable bonds is 6. The Morgan fingerprint density at radius 3 is 2.70 bits per heavy atom. The summed E-state index contributed by atoms with van der Waals surface area (Å²) < 4.78 is 5.58. The normalized spacial score (nSPS) is 20.0. The standard InChI is InChI=1S/C17H23NO2/c1-4-10-20-16-8-6-15(7-9-16)13(3)18-12-14(5-2)11-17(18)19/h5-9,13-14H,2,4,10-12H2,1,3H3. The van der Waals surface area contributed by atoms with Crippen LogP contribution in [0.25, 0.3) is 0 Å². The van der Waals surface area contributed by atoms with Gasteiger partial charge in [-0.3, -0.25) is 4.79 Å². The second kappa shape index (κ2) is 6.60. The number of carbonyl (C=O) groups excluding carboxylic acids is 1. The topological polar surface area (TPSA) is 29.5 Å². The van der Waals surface area contributed by atoms with Gasteiger partial charge in [-0.2, -0.15) is 0 Å². The predicted molar refractivity (Wildman–Crippen MR) is 80.7 cm³/mol. The van der Waals surface area contributed by atoms with Crippen LogP contribution in [0.15, 0.2) is 36.9 Å². The van der Waals surface area contributed by atoms with Crippen LogP contribution >= 0.6 is 0 Å². The zero-order chi connectivity index (χ0) is 14.5. The number of nitrogens with zero attached hydrogens (tertiary/aromatic N) is 1. The lowest BCUT2D eigenvalue weighted by molar-refractivity contribution is -0.129. The largest absolute Gasteiger partial charge is 0.494 e. The molecule has 20 heavy (non-hydrogen) atoms. The zero-order valence-corrected chi connectivity index (χ0v) is 12.3. The summed E-state index contributed by atoms with van der Waals surface area (Å²) in [5, 5.41) is 0. The molecular weight excluding hydrogens is 250 g/mol. The molecule has 1 aromatic carbocycles. The summed E-state index contributed by atoms with van der Waals surface area (Å²) in [6.07, 6.45) is 3.47. The molecule has 1 fully saturated rings. The van der Waals surface area contributed by atoms with Gasteiger partial charge < -0.3 is 9.64 Å². The third-order valence-corrected chi connectivity index (χ3v) is 3.82. The van der Waals surface area contributed by atoms with E-state index < -0.39 is 0 Å². The Morgan fingerprint density at radius 2 is 2.15 bits per heavy atom. The van der Waals surface area contributed by atoms with Gasteiger partial charge in [0.25, 0.3) is 0 Å². The molecule has 1 aromatic rings. The van der Waals surface area contributed by atoms with Gasteiger partial charge >= 0.3 is 0 Å².